The van der Waals surface area contributed by atoms with Crippen LogP contribution in [0.2, 0.25) is 0 Å². The van der Waals surface area contributed by atoms with Crippen LogP contribution in [0.1, 0.15) is 38.5 Å². The van der Waals surface area contributed by atoms with E-state index in [1.807, 2.05) is 0 Å². The van der Waals surface area contributed by atoms with Crippen molar-refractivity contribution in [3.8, 4) is 0 Å². The Bertz CT molecular complexity index is 187. The van der Waals surface area contributed by atoms with Crippen molar-refractivity contribution in [1.29, 1.82) is 0 Å². The van der Waals surface area contributed by atoms with Gasteiger partial charge >= 0.3 is 0 Å². The molecule has 2 rings (SSSR count). The Balaban J connectivity index is 1.90. The fourth-order valence-electron chi connectivity index (χ4n) is 2.93. The Morgan fingerprint density at radius 1 is 1.06 bits per heavy atom. The molecule has 1 aliphatic carbocycles. The number of thioether (sulfide) groups is 2. The maximum absolute atomic E-state index is 5.81. The van der Waals surface area contributed by atoms with Crippen molar-refractivity contribution in [3.05, 3.63) is 0 Å². The fourth-order valence-corrected chi connectivity index (χ4v) is 5.88. The molecule has 1 aliphatic heterocycles. The van der Waals surface area contributed by atoms with Crippen molar-refractivity contribution in [2.75, 3.05) is 17.3 Å². The van der Waals surface area contributed by atoms with Crippen molar-refractivity contribution < 1.29 is 0 Å². The molecule has 4 heteroatoms. The zero-order chi connectivity index (χ0) is 11.2. The Morgan fingerprint density at radius 2 is 1.81 bits per heavy atom. The average Bonchev–Trinajstić information content (AvgIpc) is 2.61. The van der Waals surface area contributed by atoms with Crippen molar-refractivity contribution in [3.63, 3.8) is 0 Å². The number of hydrogen-bond acceptors (Lipinski definition) is 4. The van der Waals surface area contributed by atoms with Crippen LogP contribution in [0.5, 0.6) is 0 Å². The molecule has 0 aromatic heterocycles. The van der Waals surface area contributed by atoms with Crippen molar-refractivity contribution in [2.24, 2.45) is 11.8 Å². The summed E-state index contributed by atoms with van der Waals surface area (Å²) in [7, 11) is 0. The predicted molar refractivity (Wildman–Crippen MR) is 75.9 cm³/mol. The lowest BCUT2D eigenvalue weighted by Crippen LogP contribution is -2.49. The first-order valence-corrected chi connectivity index (χ1v) is 8.77. The molecule has 0 aromatic rings. The molecular weight excluding hydrogens is 236 g/mol. The Labute approximate surface area is 108 Å². The van der Waals surface area contributed by atoms with E-state index in [4.69, 9.17) is 5.84 Å². The van der Waals surface area contributed by atoms with Crippen LogP contribution in [0.25, 0.3) is 0 Å². The van der Waals surface area contributed by atoms with Crippen LogP contribution in [0.4, 0.5) is 0 Å². The summed E-state index contributed by atoms with van der Waals surface area (Å²) < 4.78 is 0. The molecule has 1 saturated heterocycles. The lowest BCUT2D eigenvalue weighted by atomic mass is 9.90. The number of hydrogen-bond donors (Lipinski definition) is 2. The Morgan fingerprint density at radius 3 is 2.38 bits per heavy atom. The quantitative estimate of drug-likeness (QED) is 0.465. The maximum atomic E-state index is 5.81. The van der Waals surface area contributed by atoms with Gasteiger partial charge in [-0.1, -0.05) is 25.7 Å². The van der Waals surface area contributed by atoms with Gasteiger partial charge in [-0.15, -0.1) is 0 Å². The van der Waals surface area contributed by atoms with Gasteiger partial charge in [0.2, 0.25) is 0 Å². The average molecular weight is 260 g/mol. The molecule has 2 nitrogen and oxygen atoms in total. The van der Waals surface area contributed by atoms with Gasteiger partial charge in [0.05, 0.1) is 0 Å². The van der Waals surface area contributed by atoms with Gasteiger partial charge in [-0.05, 0) is 18.8 Å². The second-order valence-corrected chi connectivity index (χ2v) is 7.43. The summed E-state index contributed by atoms with van der Waals surface area (Å²) in [5.41, 5.74) is 3.14. The van der Waals surface area contributed by atoms with E-state index in [0.29, 0.717) is 6.04 Å². The van der Waals surface area contributed by atoms with E-state index in [2.05, 4.69) is 28.9 Å². The molecule has 16 heavy (non-hydrogen) atoms. The van der Waals surface area contributed by atoms with E-state index < -0.39 is 0 Å². The third kappa shape index (κ3) is 3.56. The summed E-state index contributed by atoms with van der Waals surface area (Å²) >= 11 is 4.23. The van der Waals surface area contributed by atoms with E-state index in [9.17, 15) is 0 Å². The second-order valence-electron chi connectivity index (χ2n) is 4.93. The molecule has 3 N–H and O–H groups in total. The summed E-state index contributed by atoms with van der Waals surface area (Å²) in [5, 5.41) is 0.742. The number of rotatable bonds is 3. The van der Waals surface area contributed by atoms with Crippen molar-refractivity contribution in [1.82, 2.24) is 5.43 Å². The van der Waals surface area contributed by atoms with E-state index in [-0.39, 0.29) is 0 Å². The third-order valence-corrected chi connectivity index (χ3v) is 6.73. The molecule has 94 valence electrons. The van der Waals surface area contributed by atoms with Gasteiger partial charge < -0.3 is 0 Å². The lowest BCUT2D eigenvalue weighted by molar-refractivity contribution is 0.322. The predicted octanol–water partition coefficient (Wildman–Crippen LogP) is 2.64. The van der Waals surface area contributed by atoms with E-state index in [1.165, 1.54) is 55.8 Å². The van der Waals surface area contributed by atoms with Gasteiger partial charge in [-0.3, -0.25) is 11.3 Å². The Kier molecular flexibility index (Phi) is 5.83. The number of hydrazine groups is 1. The number of nitrogens with two attached hydrogens (primary N) is 1. The molecule has 0 amide bonds. The van der Waals surface area contributed by atoms with Gasteiger partial charge in [0, 0.05) is 28.6 Å². The standard InChI is InChI=1S/C12H24N2S2/c13-14-12(11-9-15-7-8-16-11)10-5-3-1-2-4-6-10/h10-12,14H,1-9,13H2. The topological polar surface area (TPSA) is 38.0 Å². The minimum Gasteiger partial charge on any atom is -0.271 e. The van der Waals surface area contributed by atoms with Gasteiger partial charge in [0.1, 0.15) is 0 Å². The highest BCUT2D eigenvalue weighted by Crippen LogP contribution is 2.34. The van der Waals surface area contributed by atoms with E-state index >= 15 is 0 Å². The molecule has 0 spiro atoms. The van der Waals surface area contributed by atoms with Crippen LogP contribution in [0, 0.1) is 5.92 Å². The fraction of sp³-hybridized carbons (Fsp3) is 1.00. The number of nitrogens with one attached hydrogen (secondary N) is 1. The maximum Gasteiger partial charge on any atom is 0.0365 e. The molecule has 0 bridgehead atoms. The SMILES string of the molecule is NNC(C1CCCCCC1)C1CSCCS1. The zero-order valence-corrected chi connectivity index (χ0v) is 11.6. The molecule has 1 saturated carbocycles. The first-order valence-electron chi connectivity index (χ1n) is 6.57. The zero-order valence-electron chi connectivity index (χ0n) is 9.99. The van der Waals surface area contributed by atoms with E-state index in [0.717, 1.165) is 11.2 Å². The monoisotopic (exact) mass is 260 g/mol. The smallest absolute Gasteiger partial charge is 0.0365 e. The third-order valence-electron chi connectivity index (χ3n) is 3.84. The van der Waals surface area contributed by atoms with Crippen LogP contribution in [-0.2, 0) is 0 Å². The minimum atomic E-state index is 0.552. The molecule has 0 aromatic carbocycles. The van der Waals surface area contributed by atoms with Crippen LogP contribution in [-0.4, -0.2) is 28.6 Å². The molecule has 0 radical (unpaired) electrons. The molecule has 2 fully saturated rings. The summed E-state index contributed by atoms with van der Waals surface area (Å²) in [4.78, 5) is 0. The molecule has 2 unspecified atom stereocenters. The lowest BCUT2D eigenvalue weighted by Gasteiger charge is -2.34. The molecule has 1 heterocycles. The van der Waals surface area contributed by atoms with Crippen LogP contribution in [0.3, 0.4) is 0 Å². The highest BCUT2D eigenvalue weighted by Gasteiger charge is 2.30. The van der Waals surface area contributed by atoms with Gasteiger partial charge in [0.15, 0.2) is 0 Å². The van der Waals surface area contributed by atoms with Crippen LogP contribution in [0.15, 0.2) is 0 Å². The molecule has 2 atom stereocenters. The largest absolute Gasteiger partial charge is 0.271 e. The van der Waals surface area contributed by atoms with Gasteiger partial charge in [0.25, 0.3) is 0 Å². The second kappa shape index (κ2) is 7.14. The van der Waals surface area contributed by atoms with Crippen molar-refractivity contribution >= 4 is 23.5 Å². The molecule has 2 aliphatic rings. The summed E-state index contributed by atoms with van der Waals surface area (Å²) in [6.07, 6.45) is 8.45. The molecular formula is C12H24N2S2. The van der Waals surface area contributed by atoms with Gasteiger partial charge in [-0.2, -0.15) is 23.5 Å². The Hall–Kier alpha value is 0.620. The summed E-state index contributed by atoms with van der Waals surface area (Å²) in [5.74, 6) is 10.6. The first kappa shape index (κ1) is 13.1. The van der Waals surface area contributed by atoms with Crippen LogP contribution >= 0.6 is 23.5 Å². The highest BCUT2D eigenvalue weighted by molar-refractivity contribution is 8.06. The summed E-state index contributed by atoms with van der Waals surface area (Å²) in [6, 6.07) is 0.552. The van der Waals surface area contributed by atoms with E-state index in [1.54, 1.807) is 0 Å². The van der Waals surface area contributed by atoms with Crippen LogP contribution < -0.4 is 11.3 Å². The van der Waals surface area contributed by atoms with Gasteiger partial charge in [-0.25, -0.2) is 0 Å². The van der Waals surface area contributed by atoms with Crippen molar-refractivity contribution in [2.45, 2.75) is 49.8 Å². The minimum absolute atomic E-state index is 0.552. The normalized spacial score (nSPS) is 30.9. The first-order chi connectivity index (χ1) is 7.92. The summed E-state index contributed by atoms with van der Waals surface area (Å²) in [6.45, 7) is 0. The highest BCUT2D eigenvalue weighted by atomic mass is 32.2.